The Bertz CT molecular complexity index is 1030. The lowest BCUT2D eigenvalue weighted by Gasteiger charge is -2.34. The van der Waals surface area contributed by atoms with Gasteiger partial charge < -0.3 is 4.90 Å². The van der Waals surface area contributed by atoms with Crippen LogP contribution in [-0.4, -0.2) is 49.7 Å². The maximum Gasteiger partial charge on any atom is 0.255 e. The lowest BCUT2D eigenvalue weighted by Crippen LogP contribution is -2.50. The highest BCUT2D eigenvalue weighted by atomic mass is 32.2. The quantitative estimate of drug-likeness (QED) is 0.772. The third-order valence-corrected chi connectivity index (χ3v) is 8.44. The minimum atomic E-state index is -3.62. The van der Waals surface area contributed by atoms with Gasteiger partial charge in [-0.25, -0.2) is 8.42 Å². The second-order valence-corrected chi connectivity index (χ2v) is 9.99. The second kappa shape index (κ2) is 7.66. The van der Waals surface area contributed by atoms with Crippen LogP contribution in [0.4, 0.5) is 0 Å². The van der Waals surface area contributed by atoms with Gasteiger partial charge in [0.25, 0.3) is 5.91 Å². The zero-order valence-corrected chi connectivity index (χ0v) is 17.1. The number of benzene rings is 1. The number of hydrogen-bond acceptors (Lipinski definition) is 5. The van der Waals surface area contributed by atoms with E-state index in [4.69, 9.17) is 5.26 Å². The van der Waals surface area contributed by atoms with Crippen LogP contribution in [0.25, 0.3) is 0 Å². The van der Waals surface area contributed by atoms with Crippen LogP contribution in [0.15, 0.2) is 34.5 Å². The zero-order valence-electron chi connectivity index (χ0n) is 15.4. The molecule has 0 unspecified atom stereocenters. The molecule has 1 aromatic carbocycles. The fourth-order valence-electron chi connectivity index (χ4n) is 3.83. The van der Waals surface area contributed by atoms with Gasteiger partial charge in [0.15, 0.2) is 0 Å². The standard InChI is InChI=1S/C20H21N3O3S2/c21-13-15-5-7-16(8-6-15)28(25,26)23-11-9-22(10-12-23)20(24)18-14-27-19-4-2-1-3-17(18)19/h5-8,14H,1-4,9-12H2. The summed E-state index contributed by atoms with van der Waals surface area (Å²) in [6.45, 7) is 1.33. The van der Waals surface area contributed by atoms with E-state index in [9.17, 15) is 13.2 Å². The molecule has 0 saturated carbocycles. The minimum absolute atomic E-state index is 0.0230. The van der Waals surface area contributed by atoms with Gasteiger partial charge in [0.2, 0.25) is 10.0 Å². The number of carbonyl (C=O) groups is 1. The molecule has 1 aromatic heterocycles. The number of amides is 1. The summed E-state index contributed by atoms with van der Waals surface area (Å²) < 4.78 is 27.1. The maximum atomic E-state index is 13.0. The summed E-state index contributed by atoms with van der Waals surface area (Å²) in [6, 6.07) is 7.92. The van der Waals surface area contributed by atoms with E-state index < -0.39 is 10.0 Å². The minimum Gasteiger partial charge on any atom is -0.336 e. The number of nitriles is 1. The molecule has 8 heteroatoms. The molecule has 6 nitrogen and oxygen atoms in total. The SMILES string of the molecule is N#Cc1ccc(S(=O)(=O)N2CCN(C(=O)c3csc4c3CCCC4)CC2)cc1. The van der Waals surface area contributed by atoms with Crippen LogP contribution in [0.2, 0.25) is 0 Å². The first kappa shape index (κ1) is 19.1. The number of carbonyl (C=O) groups excluding carboxylic acids is 1. The molecule has 0 bridgehead atoms. The Labute approximate surface area is 169 Å². The van der Waals surface area contributed by atoms with Gasteiger partial charge >= 0.3 is 0 Å². The maximum absolute atomic E-state index is 13.0. The molecule has 146 valence electrons. The molecule has 4 rings (SSSR count). The van der Waals surface area contributed by atoms with Crippen molar-refractivity contribution < 1.29 is 13.2 Å². The van der Waals surface area contributed by atoms with Gasteiger partial charge in [-0.15, -0.1) is 11.3 Å². The van der Waals surface area contributed by atoms with Crippen molar-refractivity contribution in [1.29, 1.82) is 5.26 Å². The van der Waals surface area contributed by atoms with Crippen molar-refractivity contribution in [3.63, 3.8) is 0 Å². The number of nitrogens with zero attached hydrogens (tertiary/aromatic N) is 3. The van der Waals surface area contributed by atoms with Crippen LogP contribution in [0.5, 0.6) is 0 Å². The van der Waals surface area contributed by atoms with Crippen molar-refractivity contribution in [3.8, 4) is 6.07 Å². The fraction of sp³-hybridized carbons (Fsp3) is 0.400. The highest BCUT2D eigenvalue weighted by Gasteiger charge is 2.31. The number of aryl methyl sites for hydroxylation is 1. The van der Waals surface area contributed by atoms with Crippen LogP contribution in [0, 0.1) is 11.3 Å². The molecule has 1 aliphatic carbocycles. The van der Waals surface area contributed by atoms with Gasteiger partial charge in [-0.05, 0) is 55.5 Å². The van der Waals surface area contributed by atoms with E-state index in [1.165, 1.54) is 45.4 Å². The Morgan fingerprint density at radius 1 is 1.04 bits per heavy atom. The smallest absolute Gasteiger partial charge is 0.255 e. The van der Waals surface area contributed by atoms with Crippen LogP contribution in [-0.2, 0) is 22.9 Å². The van der Waals surface area contributed by atoms with E-state index in [1.807, 2.05) is 11.4 Å². The molecule has 2 aromatic rings. The van der Waals surface area contributed by atoms with E-state index in [0.29, 0.717) is 18.7 Å². The number of rotatable bonds is 3. The summed E-state index contributed by atoms with van der Waals surface area (Å²) in [5.41, 5.74) is 2.44. The Balaban J connectivity index is 1.45. The van der Waals surface area contributed by atoms with Gasteiger partial charge in [0.1, 0.15) is 0 Å². The van der Waals surface area contributed by atoms with Crippen LogP contribution < -0.4 is 0 Å². The van der Waals surface area contributed by atoms with E-state index in [1.54, 1.807) is 16.2 Å². The van der Waals surface area contributed by atoms with Crippen LogP contribution in [0.3, 0.4) is 0 Å². The molecule has 2 heterocycles. The Morgan fingerprint density at radius 3 is 2.39 bits per heavy atom. The molecule has 0 radical (unpaired) electrons. The molecule has 0 N–H and O–H groups in total. The molecule has 1 amide bonds. The molecular formula is C20H21N3O3S2. The normalized spacial score (nSPS) is 17.8. The zero-order chi connectivity index (χ0) is 19.7. The van der Waals surface area contributed by atoms with Crippen molar-refractivity contribution in [2.75, 3.05) is 26.2 Å². The summed E-state index contributed by atoms with van der Waals surface area (Å²) in [5, 5.41) is 10.8. The van der Waals surface area contributed by atoms with Crippen LogP contribution in [0.1, 0.15) is 39.2 Å². The van der Waals surface area contributed by atoms with Gasteiger partial charge in [0.05, 0.1) is 22.1 Å². The van der Waals surface area contributed by atoms with E-state index in [0.717, 1.165) is 24.8 Å². The summed E-state index contributed by atoms with van der Waals surface area (Å²) in [5.74, 6) is 0.0230. The molecule has 28 heavy (non-hydrogen) atoms. The highest BCUT2D eigenvalue weighted by Crippen LogP contribution is 2.31. The van der Waals surface area contributed by atoms with Crippen molar-refractivity contribution in [1.82, 2.24) is 9.21 Å². The molecule has 0 spiro atoms. The second-order valence-electron chi connectivity index (χ2n) is 7.09. The van der Waals surface area contributed by atoms with Gasteiger partial charge in [-0.3, -0.25) is 4.79 Å². The number of fused-ring (bicyclic) bond motifs is 1. The highest BCUT2D eigenvalue weighted by molar-refractivity contribution is 7.89. The Hall–Kier alpha value is -2.21. The fourth-order valence-corrected chi connectivity index (χ4v) is 6.37. The summed E-state index contributed by atoms with van der Waals surface area (Å²) in [6.07, 6.45) is 4.34. The molecule has 1 aliphatic heterocycles. The number of thiophene rings is 1. The molecule has 0 atom stereocenters. The topological polar surface area (TPSA) is 81.5 Å². The monoisotopic (exact) mass is 415 g/mol. The van der Waals surface area contributed by atoms with Gasteiger partial charge in [-0.2, -0.15) is 9.57 Å². The van der Waals surface area contributed by atoms with Crippen molar-refractivity contribution in [2.24, 2.45) is 0 Å². The average Bonchev–Trinajstić information content (AvgIpc) is 3.17. The van der Waals surface area contributed by atoms with Crippen molar-refractivity contribution >= 4 is 27.3 Å². The number of sulfonamides is 1. The van der Waals surface area contributed by atoms with Gasteiger partial charge in [0, 0.05) is 36.4 Å². The van der Waals surface area contributed by atoms with E-state index in [-0.39, 0.29) is 23.9 Å². The predicted octanol–water partition coefficient (Wildman–Crippen LogP) is 2.65. The van der Waals surface area contributed by atoms with Crippen molar-refractivity contribution in [2.45, 2.75) is 30.6 Å². The first-order valence-electron chi connectivity index (χ1n) is 9.39. The van der Waals surface area contributed by atoms with E-state index >= 15 is 0 Å². The lowest BCUT2D eigenvalue weighted by atomic mass is 9.95. The Kier molecular flexibility index (Phi) is 5.23. The third-order valence-electron chi connectivity index (χ3n) is 5.44. The summed E-state index contributed by atoms with van der Waals surface area (Å²) in [7, 11) is -3.62. The summed E-state index contributed by atoms with van der Waals surface area (Å²) >= 11 is 1.67. The largest absolute Gasteiger partial charge is 0.336 e. The number of piperazine rings is 1. The first-order valence-corrected chi connectivity index (χ1v) is 11.7. The lowest BCUT2D eigenvalue weighted by molar-refractivity contribution is 0.0697. The van der Waals surface area contributed by atoms with Gasteiger partial charge in [-0.1, -0.05) is 0 Å². The van der Waals surface area contributed by atoms with Crippen LogP contribution >= 0.6 is 11.3 Å². The first-order chi connectivity index (χ1) is 13.5. The molecule has 2 aliphatic rings. The molecular weight excluding hydrogens is 394 g/mol. The van der Waals surface area contributed by atoms with Crippen molar-refractivity contribution in [3.05, 3.63) is 51.2 Å². The average molecular weight is 416 g/mol. The van der Waals surface area contributed by atoms with E-state index in [2.05, 4.69) is 0 Å². The summed E-state index contributed by atoms with van der Waals surface area (Å²) in [4.78, 5) is 16.2. The molecule has 1 fully saturated rings. The Morgan fingerprint density at radius 2 is 1.71 bits per heavy atom. The third kappa shape index (κ3) is 3.46. The number of hydrogen-bond donors (Lipinski definition) is 0. The molecule has 1 saturated heterocycles. The predicted molar refractivity (Wildman–Crippen MR) is 107 cm³/mol.